The van der Waals surface area contributed by atoms with E-state index in [-0.39, 0.29) is 23.9 Å². The SMILES string of the molecule is O=C1CC(c2ccccc2)N(C(=O)Nc2ccccc2)C(c2ccccc2)C1. The molecule has 3 aromatic rings. The Bertz CT molecular complexity index is 891. The first-order valence-electron chi connectivity index (χ1n) is 9.48. The van der Waals surface area contributed by atoms with Crippen LogP contribution in [0.3, 0.4) is 0 Å². The molecule has 4 nitrogen and oxygen atoms in total. The smallest absolute Gasteiger partial charge is 0.310 e. The molecule has 1 N–H and O–H groups in total. The maximum atomic E-state index is 13.3. The Hall–Kier alpha value is -3.40. The number of carbonyl (C=O) groups is 2. The van der Waals surface area contributed by atoms with Gasteiger partial charge in [0.2, 0.25) is 0 Å². The van der Waals surface area contributed by atoms with Gasteiger partial charge in [-0.1, -0.05) is 78.9 Å². The topological polar surface area (TPSA) is 49.4 Å². The van der Waals surface area contributed by atoms with Crippen molar-refractivity contribution in [1.29, 1.82) is 0 Å². The van der Waals surface area contributed by atoms with Crippen LogP contribution < -0.4 is 5.32 Å². The van der Waals surface area contributed by atoms with Crippen molar-refractivity contribution < 1.29 is 9.59 Å². The highest BCUT2D eigenvalue weighted by molar-refractivity contribution is 5.92. The van der Waals surface area contributed by atoms with Gasteiger partial charge >= 0.3 is 6.03 Å². The number of hydrogen-bond donors (Lipinski definition) is 1. The lowest BCUT2D eigenvalue weighted by Crippen LogP contribution is -2.45. The highest BCUT2D eigenvalue weighted by atomic mass is 16.2. The fraction of sp³-hybridized carbons (Fsp3) is 0.167. The van der Waals surface area contributed by atoms with Gasteiger partial charge in [0.25, 0.3) is 0 Å². The van der Waals surface area contributed by atoms with Crippen molar-refractivity contribution >= 4 is 17.5 Å². The molecule has 0 aromatic heterocycles. The van der Waals surface area contributed by atoms with Crippen molar-refractivity contribution in [2.24, 2.45) is 0 Å². The van der Waals surface area contributed by atoms with Crippen LogP contribution in [-0.4, -0.2) is 16.7 Å². The lowest BCUT2D eigenvalue weighted by atomic mass is 9.87. The summed E-state index contributed by atoms with van der Waals surface area (Å²) in [4.78, 5) is 27.8. The summed E-state index contributed by atoms with van der Waals surface area (Å²) in [5.41, 5.74) is 2.68. The number of nitrogens with one attached hydrogen (secondary N) is 1. The summed E-state index contributed by atoms with van der Waals surface area (Å²) in [6.45, 7) is 0. The van der Waals surface area contributed by atoms with Crippen molar-refractivity contribution in [3.63, 3.8) is 0 Å². The Balaban J connectivity index is 1.73. The van der Waals surface area contributed by atoms with Crippen molar-refractivity contribution in [2.75, 3.05) is 5.32 Å². The molecule has 140 valence electrons. The van der Waals surface area contributed by atoms with E-state index in [0.29, 0.717) is 12.8 Å². The van der Waals surface area contributed by atoms with Gasteiger partial charge in [0.05, 0.1) is 12.1 Å². The molecule has 1 heterocycles. The first kappa shape index (κ1) is 18.0. The molecule has 0 spiro atoms. The Morgan fingerprint density at radius 3 is 1.61 bits per heavy atom. The third-order valence-corrected chi connectivity index (χ3v) is 5.14. The van der Waals surface area contributed by atoms with Gasteiger partial charge in [-0.3, -0.25) is 4.79 Å². The molecule has 3 aromatic carbocycles. The molecule has 2 atom stereocenters. The first-order chi connectivity index (χ1) is 13.7. The van der Waals surface area contributed by atoms with Crippen LogP contribution in [0.15, 0.2) is 91.0 Å². The minimum absolute atomic E-state index is 0.173. The van der Waals surface area contributed by atoms with Crippen LogP contribution in [0, 0.1) is 0 Å². The molecule has 28 heavy (non-hydrogen) atoms. The number of benzene rings is 3. The molecule has 1 aliphatic rings. The summed E-state index contributed by atoms with van der Waals surface area (Å²) in [6, 6.07) is 28.2. The van der Waals surface area contributed by atoms with E-state index < -0.39 is 0 Å². The third-order valence-electron chi connectivity index (χ3n) is 5.14. The number of ketones is 1. The maximum Gasteiger partial charge on any atom is 0.322 e. The summed E-state index contributed by atoms with van der Waals surface area (Å²) in [6.07, 6.45) is 0.658. The number of para-hydroxylation sites is 1. The number of piperidine rings is 1. The maximum absolute atomic E-state index is 13.3. The lowest BCUT2D eigenvalue weighted by molar-refractivity contribution is -0.124. The van der Waals surface area contributed by atoms with Crippen LogP contribution in [0.5, 0.6) is 0 Å². The van der Waals surface area contributed by atoms with E-state index in [1.54, 1.807) is 0 Å². The molecule has 0 radical (unpaired) electrons. The zero-order valence-electron chi connectivity index (χ0n) is 15.5. The fourth-order valence-corrected chi connectivity index (χ4v) is 3.83. The Morgan fingerprint density at radius 2 is 1.14 bits per heavy atom. The van der Waals surface area contributed by atoms with Gasteiger partial charge in [0.1, 0.15) is 5.78 Å². The minimum Gasteiger partial charge on any atom is -0.310 e. The van der Waals surface area contributed by atoms with E-state index in [4.69, 9.17) is 0 Å². The minimum atomic E-state index is -0.295. The number of rotatable bonds is 3. The van der Waals surface area contributed by atoms with E-state index >= 15 is 0 Å². The molecule has 2 amide bonds. The molecular formula is C24H22N2O2. The Labute approximate surface area is 164 Å². The Morgan fingerprint density at radius 1 is 0.714 bits per heavy atom. The molecule has 4 rings (SSSR count). The summed E-state index contributed by atoms with van der Waals surface area (Å²) in [7, 11) is 0. The van der Waals surface area contributed by atoms with Gasteiger partial charge in [-0.05, 0) is 23.3 Å². The van der Waals surface area contributed by atoms with Gasteiger partial charge < -0.3 is 10.2 Å². The molecule has 1 aliphatic heterocycles. The van der Waals surface area contributed by atoms with E-state index in [2.05, 4.69) is 5.32 Å². The number of urea groups is 1. The second-order valence-corrected chi connectivity index (χ2v) is 7.00. The number of Topliss-reactive ketones (excluding diaryl/α,β-unsaturated/α-hetero) is 1. The van der Waals surface area contributed by atoms with Crippen LogP contribution in [0.2, 0.25) is 0 Å². The number of likely N-dealkylation sites (tertiary alicyclic amines) is 1. The summed E-state index contributed by atoms with van der Waals surface area (Å²) in [5, 5.41) is 3.00. The predicted molar refractivity (Wildman–Crippen MR) is 110 cm³/mol. The third kappa shape index (κ3) is 3.81. The van der Waals surface area contributed by atoms with Gasteiger partial charge in [-0.15, -0.1) is 0 Å². The number of anilines is 1. The number of hydrogen-bond acceptors (Lipinski definition) is 2. The molecule has 1 fully saturated rings. The van der Waals surface area contributed by atoms with Gasteiger partial charge in [0.15, 0.2) is 0 Å². The zero-order valence-corrected chi connectivity index (χ0v) is 15.5. The van der Waals surface area contributed by atoms with Crippen LogP contribution in [0.1, 0.15) is 36.1 Å². The van der Waals surface area contributed by atoms with Crippen molar-refractivity contribution in [1.82, 2.24) is 4.90 Å². The quantitative estimate of drug-likeness (QED) is 0.674. The number of carbonyl (C=O) groups excluding carboxylic acids is 2. The van der Waals surface area contributed by atoms with Crippen molar-refractivity contribution in [2.45, 2.75) is 24.9 Å². The molecule has 2 unspecified atom stereocenters. The van der Waals surface area contributed by atoms with Crippen LogP contribution in [0.25, 0.3) is 0 Å². The van der Waals surface area contributed by atoms with Gasteiger partial charge in [-0.2, -0.15) is 0 Å². The number of nitrogens with zero attached hydrogens (tertiary/aromatic N) is 1. The molecule has 0 bridgehead atoms. The molecule has 0 saturated carbocycles. The predicted octanol–water partition coefficient (Wildman–Crippen LogP) is 5.37. The zero-order chi connectivity index (χ0) is 19.3. The second kappa shape index (κ2) is 8.09. The molecule has 4 heteroatoms. The highest BCUT2D eigenvalue weighted by Crippen LogP contribution is 2.40. The fourth-order valence-electron chi connectivity index (χ4n) is 3.83. The normalized spacial score (nSPS) is 19.3. The summed E-state index contributed by atoms with van der Waals surface area (Å²) in [5.74, 6) is 0.173. The van der Waals surface area contributed by atoms with Crippen molar-refractivity contribution in [3.05, 3.63) is 102 Å². The van der Waals surface area contributed by atoms with Crippen LogP contribution >= 0.6 is 0 Å². The van der Waals surface area contributed by atoms with Gasteiger partial charge in [0, 0.05) is 18.5 Å². The monoisotopic (exact) mass is 370 g/mol. The van der Waals surface area contributed by atoms with Crippen molar-refractivity contribution in [3.8, 4) is 0 Å². The first-order valence-corrected chi connectivity index (χ1v) is 9.48. The van der Waals surface area contributed by atoms with E-state index in [1.807, 2.05) is 95.9 Å². The average Bonchev–Trinajstić information content (AvgIpc) is 2.75. The van der Waals surface area contributed by atoms with Crippen LogP contribution in [0.4, 0.5) is 10.5 Å². The average molecular weight is 370 g/mol. The Kier molecular flexibility index (Phi) is 5.20. The standard InChI is InChI=1S/C24H22N2O2/c27-21-16-22(18-10-4-1-5-11-18)26(23(17-21)19-12-6-2-7-13-19)24(28)25-20-14-8-3-9-15-20/h1-15,22-23H,16-17H2,(H,25,28). The van der Waals surface area contributed by atoms with Gasteiger partial charge in [-0.25, -0.2) is 4.79 Å². The molecular weight excluding hydrogens is 348 g/mol. The van der Waals surface area contributed by atoms with Crippen LogP contribution in [-0.2, 0) is 4.79 Å². The largest absolute Gasteiger partial charge is 0.322 e. The summed E-state index contributed by atoms with van der Waals surface area (Å²) < 4.78 is 0. The van der Waals surface area contributed by atoms with E-state index in [1.165, 1.54) is 0 Å². The summed E-state index contributed by atoms with van der Waals surface area (Å²) >= 11 is 0. The number of amides is 2. The molecule has 1 saturated heterocycles. The second-order valence-electron chi connectivity index (χ2n) is 7.00. The van der Waals surface area contributed by atoms with E-state index in [0.717, 1.165) is 16.8 Å². The highest BCUT2D eigenvalue weighted by Gasteiger charge is 2.39. The lowest BCUT2D eigenvalue weighted by Gasteiger charge is -2.42. The van der Waals surface area contributed by atoms with E-state index in [9.17, 15) is 9.59 Å². The molecule has 0 aliphatic carbocycles.